The minimum Gasteiger partial charge on any atom is -0.463 e. The van der Waals surface area contributed by atoms with E-state index in [0.717, 1.165) is 0 Å². The topological polar surface area (TPSA) is 52.6 Å². The molecule has 0 bridgehead atoms. The molecule has 1 aliphatic rings. The van der Waals surface area contributed by atoms with E-state index in [1.54, 1.807) is 13.8 Å². The maximum atomic E-state index is 11.1. The highest BCUT2D eigenvalue weighted by Gasteiger charge is 2.30. The Labute approximate surface area is 70.1 Å². The number of rotatable bonds is 2. The first-order valence-corrected chi connectivity index (χ1v) is 3.70. The molecule has 0 aromatic rings. The van der Waals surface area contributed by atoms with Crippen LogP contribution in [0.5, 0.6) is 0 Å². The van der Waals surface area contributed by atoms with Gasteiger partial charge in [-0.25, -0.2) is 9.59 Å². The molecule has 4 nitrogen and oxygen atoms in total. The van der Waals surface area contributed by atoms with Crippen molar-refractivity contribution in [2.24, 2.45) is 0 Å². The molecule has 0 saturated carbocycles. The number of carbonyl (C=O) groups is 2. The maximum Gasteiger partial charge on any atom is 0.351 e. The van der Waals surface area contributed by atoms with Crippen molar-refractivity contribution in [1.82, 2.24) is 0 Å². The molecular weight excluding hydrogens is 160 g/mol. The van der Waals surface area contributed by atoms with Gasteiger partial charge in [-0.1, -0.05) is 0 Å². The smallest absolute Gasteiger partial charge is 0.351 e. The van der Waals surface area contributed by atoms with Gasteiger partial charge in [0, 0.05) is 6.08 Å². The number of carbonyl (C=O) groups excluding carboxylic acids is 2. The zero-order valence-corrected chi connectivity index (χ0v) is 6.99. The highest BCUT2D eigenvalue weighted by Crippen LogP contribution is 2.15. The summed E-state index contributed by atoms with van der Waals surface area (Å²) in [6.45, 7) is 3.65. The van der Waals surface area contributed by atoms with Gasteiger partial charge in [0.15, 0.2) is 0 Å². The molecule has 0 N–H and O–H groups in total. The highest BCUT2D eigenvalue weighted by atomic mass is 16.6. The lowest BCUT2D eigenvalue weighted by atomic mass is 10.2. The first kappa shape index (κ1) is 8.77. The lowest BCUT2D eigenvalue weighted by Gasteiger charge is -2.09. The molecule has 0 saturated heterocycles. The molecule has 1 atom stereocenters. The largest absolute Gasteiger partial charge is 0.463 e. The maximum absolute atomic E-state index is 11.1. The van der Waals surface area contributed by atoms with Crippen LogP contribution in [0, 0.1) is 0 Å². The van der Waals surface area contributed by atoms with Gasteiger partial charge in [-0.15, -0.1) is 0 Å². The average Bonchev–Trinajstić information content (AvgIpc) is 2.30. The molecule has 0 amide bonds. The summed E-state index contributed by atoms with van der Waals surface area (Å²) in [5.74, 6) is -0.984. The second-order valence-electron chi connectivity index (χ2n) is 2.46. The van der Waals surface area contributed by atoms with Crippen molar-refractivity contribution in [2.45, 2.75) is 20.0 Å². The number of hydrogen-bond donors (Lipinski definition) is 0. The molecule has 1 rings (SSSR count). The number of cyclic esters (lactones) is 1. The quantitative estimate of drug-likeness (QED) is 0.563. The Morgan fingerprint density at radius 1 is 1.75 bits per heavy atom. The minimum absolute atomic E-state index is 0.292. The Kier molecular flexibility index (Phi) is 2.47. The fraction of sp³-hybridized carbons (Fsp3) is 0.500. The molecule has 12 heavy (non-hydrogen) atoms. The predicted molar refractivity (Wildman–Crippen MR) is 40.3 cm³/mol. The summed E-state index contributed by atoms with van der Waals surface area (Å²) in [4.78, 5) is 21.7. The molecule has 1 aliphatic heterocycles. The van der Waals surface area contributed by atoms with Gasteiger partial charge in [-0.05, 0) is 19.4 Å². The van der Waals surface area contributed by atoms with Crippen LogP contribution in [0.4, 0.5) is 0 Å². The number of esters is 2. The number of ether oxygens (including phenoxy) is 2. The van der Waals surface area contributed by atoms with Crippen LogP contribution >= 0.6 is 0 Å². The lowest BCUT2D eigenvalue weighted by molar-refractivity contribution is -0.159. The molecule has 0 aromatic carbocycles. The van der Waals surface area contributed by atoms with Crippen LogP contribution in [0.3, 0.4) is 0 Å². The summed E-state index contributed by atoms with van der Waals surface area (Å²) < 4.78 is 9.37. The van der Waals surface area contributed by atoms with E-state index in [-0.39, 0.29) is 0 Å². The van der Waals surface area contributed by atoms with E-state index in [1.807, 2.05) is 0 Å². The van der Waals surface area contributed by atoms with E-state index in [0.29, 0.717) is 12.2 Å². The van der Waals surface area contributed by atoms with Crippen LogP contribution in [-0.2, 0) is 19.1 Å². The Morgan fingerprint density at radius 3 is 2.83 bits per heavy atom. The van der Waals surface area contributed by atoms with Crippen molar-refractivity contribution >= 4 is 11.9 Å². The SMILES string of the molecule is CCOC(=O)C1OC(=O)C=C1C. The van der Waals surface area contributed by atoms with Gasteiger partial charge in [-0.2, -0.15) is 0 Å². The van der Waals surface area contributed by atoms with Crippen LogP contribution in [-0.4, -0.2) is 24.6 Å². The lowest BCUT2D eigenvalue weighted by Crippen LogP contribution is -2.25. The van der Waals surface area contributed by atoms with Crippen LogP contribution in [0.1, 0.15) is 13.8 Å². The normalized spacial score (nSPS) is 21.7. The third kappa shape index (κ3) is 1.64. The standard InChI is InChI=1S/C8H10O4/c1-3-11-8(10)7-5(2)4-6(9)12-7/h4,7H,3H2,1-2H3. The average molecular weight is 170 g/mol. The van der Waals surface area contributed by atoms with Gasteiger partial charge in [-0.3, -0.25) is 0 Å². The Balaban J connectivity index is 2.61. The summed E-state index contributed by atoms with van der Waals surface area (Å²) in [7, 11) is 0. The molecule has 0 fully saturated rings. The third-order valence-corrected chi connectivity index (χ3v) is 1.49. The first-order valence-electron chi connectivity index (χ1n) is 3.70. The second kappa shape index (κ2) is 3.38. The monoisotopic (exact) mass is 170 g/mol. The molecule has 0 aromatic heterocycles. The number of hydrogen-bond acceptors (Lipinski definition) is 4. The van der Waals surface area contributed by atoms with Crippen LogP contribution in [0.2, 0.25) is 0 Å². The van der Waals surface area contributed by atoms with E-state index < -0.39 is 18.0 Å². The summed E-state index contributed by atoms with van der Waals surface area (Å²) in [6, 6.07) is 0. The van der Waals surface area contributed by atoms with Crippen molar-refractivity contribution in [3.05, 3.63) is 11.6 Å². The third-order valence-electron chi connectivity index (χ3n) is 1.49. The molecule has 1 heterocycles. The van der Waals surface area contributed by atoms with Crippen LogP contribution in [0.15, 0.2) is 11.6 Å². The van der Waals surface area contributed by atoms with E-state index in [9.17, 15) is 9.59 Å². The second-order valence-corrected chi connectivity index (χ2v) is 2.46. The van der Waals surface area contributed by atoms with Gasteiger partial charge >= 0.3 is 11.9 Å². The molecular formula is C8H10O4. The van der Waals surface area contributed by atoms with Gasteiger partial charge in [0.1, 0.15) is 0 Å². The molecule has 4 heteroatoms. The summed E-state index contributed by atoms with van der Waals surface area (Å²) in [5, 5.41) is 0. The van der Waals surface area contributed by atoms with Crippen molar-refractivity contribution in [3.8, 4) is 0 Å². The molecule has 66 valence electrons. The predicted octanol–water partition coefficient (Wildman–Crippen LogP) is 0.421. The summed E-state index contributed by atoms with van der Waals surface area (Å²) >= 11 is 0. The highest BCUT2D eigenvalue weighted by molar-refractivity contribution is 5.92. The molecule has 0 spiro atoms. The fourth-order valence-electron chi connectivity index (χ4n) is 0.957. The van der Waals surface area contributed by atoms with E-state index in [4.69, 9.17) is 0 Å². The molecule has 1 unspecified atom stereocenters. The Morgan fingerprint density at radius 2 is 2.42 bits per heavy atom. The molecule has 0 radical (unpaired) electrons. The Hall–Kier alpha value is -1.32. The van der Waals surface area contributed by atoms with E-state index in [2.05, 4.69) is 9.47 Å². The van der Waals surface area contributed by atoms with Crippen molar-refractivity contribution in [3.63, 3.8) is 0 Å². The summed E-state index contributed by atoms with van der Waals surface area (Å²) in [5.41, 5.74) is 0.596. The van der Waals surface area contributed by atoms with Gasteiger partial charge < -0.3 is 9.47 Å². The zero-order valence-electron chi connectivity index (χ0n) is 6.99. The van der Waals surface area contributed by atoms with Crippen LogP contribution < -0.4 is 0 Å². The van der Waals surface area contributed by atoms with Gasteiger partial charge in [0.05, 0.1) is 6.61 Å². The van der Waals surface area contributed by atoms with Crippen molar-refractivity contribution in [1.29, 1.82) is 0 Å². The fourth-order valence-corrected chi connectivity index (χ4v) is 0.957. The minimum atomic E-state index is -0.822. The summed E-state index contributed by atoms with van der Waals surface area (Å²) in [6.07, 6.45) is 0.471. The van der Waals surface area contributed by atoms with Crippen LogP contribution in [0.25, 0.3) is 0 Å². The van der Waals surface area contributed by atoms with Gasteiger partial charge in [0.2, 0.25) is 6.10 Å². The van der Waals surface area contributed by atoms with E-state index >= 15 is 0 Å². The zero-order chi connectivity index (χ0) is 9.14. The Bertz CT molecular complexity index is 241. The molecule has 0 aliphatic carbocycles. The van der Waals surface area contributed by atoms with E-state index in [1.165, 1.54) is 6.08 Å². The van der Waals surface area contributed by atoms with Gasteiger partial charge in [0.25, 0.3) is 0 Å². The first-order chi connectivity index (χ1) is 5.65. The van der Waals surface area contributed by atoms with Crippen molar-refractivity contribution < 1.29 is 19.1 Å². The van der Waals surface area contributed by atoms with Crippen molar-refractivity contribution in [2.75, 3.05) is 6.61 Å².